The number of rotatable bonds is 1. The maximum atomic E-state index is 13.8. The first-order valence-electron chi connectivity index (χ1n) is 6.05. The molecule has 0 heterocycles. The molecule has 0 unspecified atom stereocenters. The topological polar surface area (TPSA) is 0 Å². The SMILES string of the molecule is FC1(F)C(C#Cc2ccccc2)=C1c1cccc(Br)c1. The van der Waals surface area contributed by atoms with Gasteiger partial charge in [-0.1, -0.05) is 58.1 Å². The summed E-state index contributed by atoms with van der Waals surface area (Å²) in [5.41, 5.74) is 1.19. The Morgan fingerprint density at radius 1 is 0.900 bits per heavy atom. The lowest BCUT2D eigenvalue weighted by molar-refractivity contribution is 0.153. The first-order valence-corrected chi connectivity index (χ1v) is 6.84. The van der Waals surface area contributed by atoms with Crippen molar-refractivity contribution in [1.29, 1.82) is 0 Å². The van der Waals surface area contributed by atoms with E-state index in [0.29, 0.717) is 5.56 Å². The van der Waals surface area contributed by atoms with Gasteiger partial charge < -0.3 is 0 Å². The second kappa shape index (κ2) is 4.88. The molecule has 0 radical (unpaired) electrons. The molecule has 20 heavy (non-hydrogen) atoms. The van der Waals surface area contributed by atoms with Crippen molar-refractivity contribution in [2.75, 3.05) is 0 Å². The van der Waals surface area contributed by atoms with Gasteiger partial charge in [-0.2, -0.15) is 8.78 Å². The molecule has 0 nitrogen and oxygen atoms in total. The second-order valence-electron chi connectivity index (χ2n) is 4.45. The van der Waals surface area contributed by atoms with E-state index in [9.17, 15) is 8.78 Å². The lowest BCUT2D eigenvalue weighted by atomic mass is 10.2. The molecule has 0 saturated heterocycles. The quantitative estimate of drug-likeness (QED) is 0.652. The zero-order valence-electron chi connectivity index (χ0n) is 10.3. The Morgan fingerprint density at radius 3 is 2.35 bits per heavy atom. The third-order valence-corrected chi connectivity index (χ3v) is 3.53. The molecule has 0 saturated carbocycles. The molecule has 0 fully saturated rings. The predicted molar refractivity (Wildman–Crippen MR) is 79.3 cm³/mol. The van der Waals surface area contributed by atoms with E-state index in [4.69, 9.17) is 0 Å². The van der Waals surface area contributed by atoms with Crippen LogP contribution in [0.25, 0.3) is 5.57 Å². The molecule has 0 N–H and O–H groups in total. The van der Waals surface area contributed by atoms with Gasteiger partial charge in [-0.3, -0.25) is 0 Å². The fraction of sp³-hybridized carbons (Fsp3) is 0.0588. The molecule has 0 spiro atoms. The van der Waals surface area contributed by atoms with Gasteiger partial charge in [-0.15, -0.1) is 0 Å². The van der Waals surface area contributed by atoms with Crippen LogP contribution in [0.5, 0.6) is 0 Å². The zero-order valence-corrected chi connectivity index (χ0v) is 11.9. The molecule has 2 aromatic carbocycles. The van der Waals surface area contributed by atoms with E-state index in [0.717, 1.165) is 10.0 Å². The summed E-state index contributed by atoms with van der Waals surface area (Å²) in [5, 5.41) is 0. The van der Waals surface area contributed by atoms with Gasteiger partial charge in [0.2, 0.25) is 0 Å². The molecular weight excluding hydrogens is 322 g/mol. The van der Waals surface area contributed by atoms with Crippen molar-refractivity contribution in [3.8, 4) is 11.8 Å². The van der Waals surface area contributed by atoms with E-state index in [1.165, 1.54) is 0 Å². The summed E-state index contributed by atoms with van der Waals surface area (Å²) in [7, 11) is 0. The maximum absolute atomic E-state index is 13.8. The molecule has 0 atom stereocenters. The molecule has 0 bridgehead atoms. The van der Waals surface area contributed by atoms with Gasteiger partial charge in [0, 0.05) is 10.0 Å². The lowest BCUT2D eigenvalue weighted by Gasteiger charge is -1.98. The van der Waals surface area contributed by atoms with Gasteiger partial charge in [0.05, 0.1) is 11.1 Å². The minimum Gasteiger partial charge on any atom is -0.195 e. The van der Waals surface area contributed by atoms with Gasteiger partial charge in [0.1, 0.15) is 0 Å². The third kappa shape index (κ3) is 2.39. The fourth-order valence-corrected chi connectivity index (χ4v) is 2.40. The third-order valence-electron chi connectivity index (χ3n) is 3.03. The molecule has 0 aromatic heterocycles. The first-order chi connectivity index (χ1) is 9.59. The van der Waals surface area contributed by atoms with Gasteiger partial charge in [-0.25, -0.2) is 0 Å². The minimum atomic E-state index is -2.90. The van der Waals surface area contributed by atoms with Crippen molar-refractivity contribution < 1.29 is 8.78 Å². The van der Waals surface area contributed by atoms with E-state index < -0.39 is 5.92 Å². The van der Waals surface area contributed by atoms with Crippen LogP contribution in [-0.4, -0.2) is 5.92 Å². The van der Waals surface area contributed by atoms with Crippen molar-refractivity contribution in [2.45, 2.75) is 5.92 Å². The summed E-state index contributed by atoms with van der Waals surface area (Å²) < 4.78 is 28.4. The van der Waals surface area contributed by atoms with Gasteiger partial charge in [-0.05, 0) is 29.8 Å². The lowest BCUT2D eigenvalue weighted by Crippen LogP contribution is -1.96. The van der Waals surface area contributed by atoms with Crippen molar-refractivity contribution in [1.82, 2.24) is 0 Å². The van der Waals surface area contributed by atoms with Crippen LogP contribution >= 0.6 is 15.9 Å². The van der Waals surface area contributed by atoms with E-state index >= 15 is 0 Å². The molecule has 98 valence electrons. The number of halogens is 3. The zero-order chi connectivity index (χ0) is 14.2. The van der Waals surface area contributed by atoms with Crippen LogP contribution in [0.15, 0.2) is 64.6 Å². The minimum absolute atomic E-state index is 0.0298. The summed E-state index contributed by atoms with van der Waals surface area (Å²) in [4.78, 5) is 0. The van der Waals surface area contributed by atoms with Crippen LogP contribution in [0.4, 0.5) is 8.78 Å². The van der Waals surface area contributed by atoms with Crippen molar-refractivity contribution >= 4 is 21.5 Å². The largest absolute Gasteiger partial charge is 0.308 e. The predicted octanol–water partition coefficient (Wildman–Crippen LogP) is 4.90. The summed E-state index contributed by atoms with van der Waals surface area (Å²) in [6, 6.07) is 16.0. The van der Waals surface area contributed by atoms with Gasteiger partial charge in [0.15, 0.2) is 0 Å². The van der Waals surface area contributed by atoms with Crippen molar-refractivity contribution in [3.63, 3.8) is 0 Å². The Labute approximate surface area is 124 Å². The summed E-state index contributed by atoms with van der Waals surface area (Å²) in [6.07, 6.45) is 0. The van der Waals surface area contributed by atoms with E-state index in [1.54, 1.807) is 36.4 Å². The molecule has 3 heteroatoms. The van der Waals surface area contributed by atoms with E-state index in [2.05, 4.69) is 27.8 Å². The maximum Gasteiger partial charge on any atom is 0.308 e. The average Bonchev–Trinajstić information content (AvgIpc) is 2.99. The van der Waals surface area contributed by atoms with Gasteiger partial charge >= 0.3 is 5.92 Å². The number of allylic oxidation sites excluding steroid dienone is 2. The Kier molecular flexibility index (Phi) is 3.19. The molecule has 2 aromatic rings. The number of hydrogen-bond donors (Lipinski definition) is 0. The highest BCUT2D eigenvalue weighted by Crippen LogP contribution is 2.54. The fourth-order valence-electron chi connectivity index (χ4n) is 2.00. The summed E-state index contributed by atoms with van der Waals surface area (Å²) in [6.45, 7) is 0. The Morgan fingerprint density at radius 2 is 1.65 bits per heavy atom. The van der Waals surface area contributed by atoms with Crippen LogP contribution in [0.1, 0.15) is 11.1 Å². The Hall–Kier alpha value is -1.92. The molecular formula is C17H9BrF2. The van der Waals surface area contributed by atoms with Crippen LogP contribution in [0, 0.1) is 11.8 Å². The smallest absolute Gasteiger partial charge is 0.195 e. The average molecular weight is 331 g/mol. The molecule has 1 aliphatic rings. The number of alkyl halides is 2. The molecule has 0 amide bonds. The number of hydrogen-bond acceptors (Lipinski definition) is 0. The summed E-state index contributed by atoms with van der Waals surface area (Å²) in [5.74, 6) is 2.47. The summed E-state index contributed by atoms with van der Waals surface area (Å²) >= 11 is 3.29. The van der Waals surface area contributed by atoms with Crippen molar-refractivity contribution in [2.24, 2.45) is 0 Å². The van der Waals surface area contributed by atoms with Crippen LogP contribution in [0.2, 0.25) is 0 Å². The number of benzene rings is 2. The second-order valence-corrected chi connectivity index (χ2v) is 5.37. The standard InChI is InChI=1S/C17H9BrF2/c18-14-8-4-7-13(11-14)16-15(17(16,19)20)10-9-12-5-2-1-3-6-12/h1-8,11H. The first kappa shape index (κ1) is 13.1. The van der Waals surface area contributed by atoms with Crippen molar-refractivity contribution in [3.05, 3.63) is 75.8 Å². The molecule has 3 rings (SSSR count). The highest BCUT2D eigenvalue weighted by atomic mass is 79.9. The van der Waals surface area contributed by atoms with Crippen LogP contribution < -0.4 is 0 Å². The molecule has 1 aliphatic carbocycles. The molecule has 0 aliphatic heterocycles. The highest BCUT2D eigenvalue weighted by molar-refractivity contribution is 9.10. The normalized spacial score (nSPS) is 15.6. The highest BCUT2D eigenvalue weighted by Gasteiger charge is 2.56. The monoisotopic (exact) mass is 330 g/mol. The van der Waals surface area contributed by atoms with E-state index in [1.807, 2.05) is 18.2 Å². The van der Waals surface area contributed by atoms with Crippen LogP contribution in [-0.2, 0) is 0 Å². The Balaban J connectivity index is 1.95. The van der Waals surface area contributed by atoms with Gasteiger partial charge in [0.25, 0.3) is 0 Å². The van der Waals surface area contributed by atoms with Crippen LogP contribution in [0.3, 0.4) is 0 Å². The Bertz CT molecular complexity index is 749. The van der Waals surface area contributed by atoms with E-state index in [-0.39, 0.29) is 11.1 Å².